The summed E-state index contributed by atoms with van der Waals surface area (Å²) in [4.78, 5) is 45.0. The normalized spacial score (nSPS) is 13.5. The van der Waals surface area contributed by atoms with Crippen LogP contribution in [0.4, 0.5) is 0 Å². The third-order valence-corrected chi connectivity index (χ3v) is 5.33. The number of aryl methyl sites for hydroxylation is 1. The van der Waals surface area contributed by atoms with Crippen LogP contribution in [0.25, 0.3) is 5.32 Å². The van der Waals surface area contributed by atoms with Gasteiger partial charge in [-0.05, 0) is 30.9 Å². The van der Waals surface area contributed by atoms with Gasteiger partial charge in [-0.25, -0.2) is 0 Å². The maximum Gasteiger partial charge on any atom is 1.00 e. The number of carbonyl (C=O) groups excluding carboxylic acids is 4. The van der Waals surface area contributed by atoms with Crippen LogP contribution in [0.3, 0.4) is 0 Å². The molecule has 4 amide bonds. The maximum absolute atomic E-state index is 11.7. The molecule has 0 bridgehead atoms. The molecule has 0 unspecified atom stereocenters. The van der Waals surface area contributed by atoms with E-state index in [-0.39, 0.29) is 63.2 Å². The number of hydrogen-bond donors (Lipinski definition) is 1. The topological polar surface area (TPSA) is 94.4 Å². The maximum atomic E-state index is 11.7. The molecule has 2 heterocycles. The van der Waals surface area contributed by atoms with Crippen molar-refractivity contribution in [3.05, 3.63) is 75.6 Å². The minimum atomic E-state index is -0.425. The third-order valence-electron chi connectivity index (χ3n) is 4.77. The first kappa shape index (κ1) is 25.1. The molecule has 150 valence electrons. The minimum Gasteiger partial charge on any atom is -0.587 e. The van der Waals surface area contributed by atoms with E-state index in [9.17, 15) is 19.2 Å². The number of nitrogens with zero attached hydrogens (tertiary/aromatic N) is 1. The summed E-state index contributed by atoms with van der Waals surface area (Å²) in [5, 5.41) is 6.67. The first-order valence-corrected chi connectivity index (χ1v) is 10.6. The molecule has 0 spiro atoms. The Hall–Kier alpha value is -1.16. The molecule has 0 atom stereocenters. The van der Waals surface area contributed by atoms with Gasteiger partial charge in [-0.15, -0.1) is 0 Å². The molecule has 0 aliphatic carbocycles. The Labute approximate surface area is 226 Å². The predicted molar refractivity (Wildman–Crippen MR) is 113 cm³/mol. The van der Waals surface area contributed by atoms with Gasteiger partial charge in [0.2, 0.25) is 0 Å². The van der Waals surface area contributed by atoms with Crippen molar-refractivity contribution in [1.29, 1.82) is 0 Å². The summed E-state index contributed by atoms with van der Waals surface area (Å²) < 4.78 is 0. The second kappa shape index (κ2) is 12.0. The molecule has 2 aliphatic heterocycles. The number of nitrogens with one attached hydrogen (secondary N) is 1. The van der Waals surface area contributed by atoms with Crippen LogP contribution in [0.2, 0.25) is 0 Å². The zero-order valence-electron chi connectivity index (χ0n) is 16.7. The molecule has 2 aromatic rings. The Balaban J connectivity index is 0.000000229. The number of carbonyl (C=O) groups is 4. The van der Waals surface area contributed by atoms with Gasteiger partial charge in [0, 0.05) is 16.5 Å². The summed E-state index contributed by atoms with van der Waals surface area (Å²) >= 11 is 3.41. The number of rotatable bonds is 6. The van der Waals surface area contributed by atoms with Gasteiger partial charge >= 0.3 is 51.4 Å². The fraction of sp³-hybridized carbons (Fsp3) is 0.273. The zero-order valence-corrected chi connectivity index (χ0v) is 21.5. The van der Waals surface area contributed by atoms with Crippen LogP contribution in [0.1, 0.15) is 72.7 Å². The summed E-state index contributed by atoms with van der Waals surface area (Å²) in [6, 6.07) is 12.1. The average Bonchev–Trinajstić information content (AvgIpc) is 3.18. The molecule has 6 nitrogen and oxygen atoms in total. The largest absolute Gasteiger partial charge is 1.00 e. The van der Waals surface area contributed by atoms with Crippen LogP contribution in [0, 0.1) is 0 Å². The van der Waals surface area contributed by atoms with Crippen LogP contribution in [-0.4, -0.2) is 29.0 Å². The van der Waals surface area contributed by atoms with E-state index >= 15 is 0 Å². The molecule has 0 radical (unpaired) electrons. The van der Waals surface area contributed by atoms with E-state index < -0.39 is 11.8 Å². The Morgan fingerprint density at radius 1 is 0.733 bits per heavy atom. The molecule has 0 saturated carbocycles. The number of benzene rings is 2. The van der Waals surface area contributed by atoms with Gasteiger partial charge in [0.1, 0.15) is 0 Å². The Morgan fingerprint density at radius 3 is 1.97 bits per heavy atom. The molecule has 8 heteroatoms. The number of halogens is 1. The van der Waals surface area contributed by atoms with Crippen molar-refractivity contribution >= 4 is 39.6 Å². The van der Waals surface area contributed by atoms with Crippen molar-refractivity contribution in [2.75, 3.05) is 5.33 Å². The molecule has 1 N–H and O–H groups in total. The SMILES string of the molecule is O=C1NC(=O)c2c(CCCCCCBr)cccc21.O=C1[N-]C(=O)c2ccccc21.[K+]. The fourth-order valence-corrected chi connectivity index (χ4v) is 3.73. The van der Waals surface area contributed by atoms with E-state index in [1.807, 2.05) is 12.1 Å². The van der Waals surface area contributed by atoms with E-state index in [0.717, 1.165) is 30.2 Å². The molecular weight excluding hydrogens is 475 g/mol. The van der Waals surface area contributed by atoms with Crippen LogP contribution >= 0.6 is 15.9 Å². The molecule has 2 aromatic carbocycles. The first-order chi connectivity index (χ1) is 14.0. The molecule has 0 fully saturated rings. The van der Waals surface area contributed by atoms with Crippen molar-refractivity contribution in [2.45, 2.75) is 32.1 Å². The van der Waals surface area contributed by atoms with Gasteiger partial charge in [-0.2, -0.15) is 0 Å². The standard InChI is InChI=1S/C14H16BrNO2.C8H5NO2.K/c15-9-4-2-1-3-6-10-7-5-8-11-12(10)14(18)16-13(11)17;10-7-5-3-1-2-4-6(5)8(11)9-7;/h5,7-8H,1-4,6,9H2,(H,16,17,18);1-4H,(H,9,10,11);/q;;+1/p-1. The van der Waals surface area contributed by atoms with Crippen molar-refractivity contribution in [3.8, 4) is 0 Å². The molecule has 0 aromatic heterocycles. The van der Waals surface area contributed by atoms with E-state index in [4.69, 9.17) is 0 Å². The number of fused-ring (bicyclic) bond motifs is 2. The fourth-order valence-electron chi connectivity index (χ4n) is 3.33. The smallest absolute Gasteiger partial charge is 0.587 e. The number of hydrogen-bond acceptors (Lipinski definition) is 4. The van der Waals surface area contributed by atoms with Gasteiger partial charge < -0.3 is 14.9 Å². The zero-order chi connectivity index (χ0) is 20.8. The van der Waals surface area contributed by atoms with E-state index in [0.29, 0.717) is 22.3 Å². The Kier molecular flexibility index (Phi) is 10.1. The molecule has 30 heavy (non-hydrogen) atoms. The van der Waals surface area contributed by atoms with E-state index in [1.54, 1.807) is 30.3 Å². The third kappa shape index (κ3) is 5.96. The van der Waals surface area contributed by atoms with Gasteiger partial charge in [0.05, 0.1) is 22.9 Å². The van der Waals surface area contributed by atoms with Crippen molar-refractivity contribution in [1.82, 2.24) is 5.32 Å². The summed E-state index contributed by atoms with van der Waals surface area (Å²) in [5.41, 5.74) is 2.94. The summed E-state index contributed by atoms with van der Waals surface area (Å²) in [5.74, 6) is -1.36. The second-order valence-electron chi connectivity index (χ2n) is 6.74. The molecule has 0 saturated heterocycles. The number of imide groups is 2. The van der Waals surface area contributed by atoms with Crippen LogP contribution in [0.15, 0.2) is 42.5 Å². The van der Waals surface area contributed by atoms with E-state index in [2.05, 4.69) is 26.6 Å². The van der Waals surface area contributed by atoms with Gasteiger partial charge in [0.25, 0.3) is 11.8 Å². The Bertz CT molecular complexity index is 944. The number of amides is 4. The van der Waals surface area contributed by atoms with Gasteiger partial charge in [-0.3, -0.25) is 14.9 Å². The van der Waals surface area contributed by atoms with Gasteiger partial charge in [-0.1, -0.05) is 65.2 Å². The Morgan fingerprint density at radius 2 is 1.33 bits per heavy atom. The average molecular weight is 495 g/mol. The summed E-state index contributed by atoms with van der Waals surface area (Å²) in [6.07, 6.45) is 5.47. The van der Waals surface area contributed by atoms with E-state index in [1.165, 1.54) is 12.8 Å². The molecular formula is C22H20BrKN2O4. The summed E-state index contributed by atoms with van der Waals surface area (Å²) in [6.45, 7) is 0. The first-order valence-electron chi connectivity index (χ1n) is 9.46. The van der Waals surface area contributed by atoms with Gasteiger partial charge in [0.15, 0.2) is 0 Å². The van der Waals surface area contributed by atoms with Crippen LogP contribution in [0.5, 0.6) is 0 Å². The van der Waals surface area contributed by atoms with Crippen LogP contribution in [-0.2, 0) is 6.42 Å². The monoisotopic (exact) mass is 494 g/mol. The van der Waals surface area contributed by atoms with Crippen molar-refractivity contribution in [3.63, 3.8) is 0 Å². The number of alkyl halides is 1. The molecule has 2 aliphatic rings. The van der Waals surface area contributed by atoms with Crippen molar-refractivity contribution in [2.24, 2.45) is 0 Å². The predicted octanol–water partition coefficient (Wildman–Crippen LogP) is 1.43. The van der Waals surface area contributed by atoms with Crippen LogP contribution < -0.4 is 56.7 Å². The molecule has 4 rings (SSSR count). The number of unbranched alkanes of at least 4 members (excludes halogenated alkanes) is 3. The van der Waals surface area contributed by atoms with Crippen molar-refractivity contribution < 1.29 is 70.6 Å². The quantitative estimate of drug-likeness (QED) is 0.284. The minimum absolute atomic E-state index is 0. The second-order valence-corrected chi connectivity index (χ2v) is 7.54. The summed E-state index contributed by atoms with van der Waals surface area (Å²) in [7, 11) is 0.